The second-order valence-corrected chi connectivity index (χ2v) is 8.66. The van der Waals surface area contributed by atoms with Gasteiger partial charge < -0.3 is 5.32 Å². The zero-order valence-electron chi connectivity index (χ0n) is 14.8. The number of nitrogens with zero attached hydrogens (tertiary/aromatic N) is 3. The molecular weight excluding hydrogens is 344 g/mol. The van der Waals surface area contributed by atoms with Crippen molar-refractivity contribution in [3.8, 4) is 0 Å². The number of para-hydroxylation sites is 1. The van der Waals surface area contributed by atoms with Gasteiger partial charge in [-0.05, 0) is 44.9 Å². The number of fused-ring (bicyclic) bond motifs is 2. The molecule has 26 heavy (non-hydrogen) atoms. The van der Waals surface area contributed by atoms with Crippen LogP contribution in [0.25, 0.3) is 10.2 Å². The normalized spacial score (nSPS) is 23.8. The average molecular weight is 364 g/mol. The molecule has 0 spiro atoms. The minimum absolute atomic E-state index is 0.162. The smallest absolute Gasteiger partial charge is 0.238 e. The number of carbonyl (C=O) groups is 1. The Labute approximate surface area is 156 Å². The van der Waals surface area contributed by atoms with E-state index in [9.17, 15) is 4.79 Å². The van der Waals surface area contributed by atoms with Crippen LogP contribution in [0.3, 0.4) is 0 Å². The fraction of sp³-hybridized carbons (Fsp3) is 0.350. The first-order chi connectivity index (χ1) is 12.5. The molecule has 5 rings (SSSR count). The third-order valence-electron chi connectivity index (χ3n) is 5.54. The van der Waals surface area contributed by atoms with E-state index in [1.54, 1.807) is 17.5 Å². The van der Waals surface area contributed by atoms with Crippen molar-refractivity contribution in [3.05, 3.63) is 48.2 Å². The molecule has 1 saturated carbocycles. The third-order valence-corrected chi connectivity index (χ3v) is 6.51. The molecule has 1 amide bonds. The third kappa shape index (κ3) is 2.25. The van der Waals surface area contributed by atoms with E-state index in [0.29, 0.717) is 6.04 Å². The first kappa shape index (κ1) is 15.8. The maximum absolute atomic E-state index is 13.0. The number of rotatable bonds is 3. The Balaban J connectivity index is 1.32. The van der Waals surface area contributed by atoms with Crippen LogP contribution in [-0.2, 0) is 10.2 Å². The fourth-order valence-electron chi connectivity index (χ4n) is 3.95. The molecule has 0 radical (unpaired) electrons. The Hall–Kier alpha value is -2.47. The van der Waals surface area contributed by atoms with Crippen molar-refractivity contribution < 1.29 is 4.79 Å². The quantitative estimate of drug-likeness (QED) is 0.764. The van der Waals surface area contributed by atoms with Gasteiger partial charge in [0.15, 0.2) is 5.13 Å². The van der Waals surface area contributed by atoms with Crippen molar-refractivity contribution in [2.75, 3.05) is 10.2 Å². The lowest BCUT2D eigenvalue weighted by Gasteiger charge is -2.41. The molecule has 0 unspecified atom stereocenters. The highest BCUT2D eigenvalue weighted by molar-refractivity contribution is 7.22. The number of benzene rings is 1. The Kier molecular flexibility index (Phi) is 3.34. The minimum Gasteiger partial charge on any atom is -0.359 e. The fourth-order valence-corrected chi connectivity index (χ4v) is 4.90. The van der Waals surface area contributed by atoms with Gasteiger partial charge in [-0.25, -0.2) is 9.97 Å². The summed E-state index contributed by atoms with van der Waals surface area (Å²) >= 11 is 1.68. The Morgan fingerprint density at radius 1 is 1.19 bits per heavy atom. The molecule has 1 fully saturated rings. The Bertz CT molecular complexity index is 973. The minimum atomic E-state index is -0.491. The molecule has 1 aromatic carbocycles. The van der Waals surface area contributed by atoms with Crippen LogP contribution in [0.15, 0.2) is 42.6 Å². The lowest BCUT2D eigenvalue weighted by Crippen LogP contribution is -2.53. The summed E-state index contributed by atoms with van der Waals surface area (Å²) in [5.41, 5.74) is 1.58. The maximum Gasteiger partial charge on any atom is 0.238 e. The summed E-state index contributed by atoms with van der Waals surface area (Å²) in [6.07, 6.45) is 3.62. The monoisotopic (exact) mass is 364 g/mol. The number of amides is 1. The van der Waals surface area contributed by atoms with Crippen LogP contribution >= 0.6 is 11.3 Å². The number of hydrogen-bond donors (Lipinski definition) is 1. The van der Waals surface area contributed by atoms with Gasteiger partial charge in [0.2, 0.25) is 5.91 Å². The summed E-state index contributed by atoms with van der Waals surface area (Å²) in [6.45, 7) is 3.98. The number of nitrogens with one attached hydrogen (secondary N) is 1. The maximum atomic E-state index is 13.0. The van der Waals surface area contributed by atoms with Gasteiger partial charge >= 0.3 is 0 Å². The van der Waals surface area contributed by atoms with E-state index in [-0.39, 0.29) is 11.9 Å². The van der Waals surface area contributed by atoms with Crippen molar-refractivity contribution in [2.45, 2.75) is 44.2 Å². The molecule has 0 atom stereocenters. The van der Waals surface area contributed by atoms with Gasteiger partial charge in [0, 0.05) is 23.8 Å². The summed E-state index contributed by atoms with van der Waals surface area (Å²) in [5.74, 6) is 1.00. The van der Waals surface area contributed by atoms with Gasteiger partial charge in [-0.2, -0.15) is 0 Å². The number of carbonyl (C=O) groups excluding carboxylic acids is 1. The topological polar surface area (TPSA) is 58.1 Å². The number of pyridine rings is 1. The van der Waals surface area contributed by atoms with Gasteiger partial charge in [0.1, 0.15) is 5.82 Å². The van der Waals surface area contributed by atoms with Gasteiger partial charge in [-0.3, -0.25) is 9.69 Å². The van der Waals surface area contributed by atoms with Crippen LogP contribution in [0.1, 0.15) is 32.3 Å². The van der Waals surface area contributed by atoms with Gasteiger partial charge in [-0.15, -0.1) is 0 Å². The van der Waals surface area contributed by atoms with Crippen molar-refractivity contribution in [1.29, 1.82) is 0 Å². The van der Waals surface area contributed by atoms with Gasteiger partial charge in [0.05, 0.1) is 15.6 Å². The standard InChI is InChI=1S/C20H20N4OS/c1-20(2)14-6-5-9-21-17(14)24(18(20)25)13-10-12(11-13)22-19-23-15-7-3-4-8-16(15)26-19/h3-9,12-13H,10-11H2,1-2H3,(H,22,23). The highest BCUT2D eigenvalue weighted by atomic mass is 32.1. The van der Waals surface area contributed by atoms with Crippen LogP contribution in [0, 0.1) is 0 Å². The Morgan fingerprint density at radius 2 is 2.00 bits per heavy atom. The van der Waals surface area contributed by atoms with E-state index >= 15 is 0 Å². The molecule has 132 valence electrons. The Morgan fingerprint density at radius 3 is 2.81 bits per heavy atom. The summed E-state index contributed by atoms with van der Waals surface area (Å²) in [4.78, 5) is 24.0. The van der Waals surface area contributed by atoms with Gasteiger partial charge in [0.25, 0.3) is 0 Å². The van der Waals surface area contributed by atoms with Gasteiger partial charge in [-0.1, -0.05) is 29.5 Å². The highest BCUT2D eigenvalue weighted by Crippen LogP contribution is 2.44. The number of aromatic nitrogens is 2. The second kappa shape index (κ2) is 5.51. The zero-order chi connectivity index (χ0) is 17.9. The molecule has 6 heteroatoms. The second-order valence-electron chi connectivity index (χ2n) is 7.63. The predicted octanol–water partition coefficient (Wildman–Crippen LogP) is 3.96. The first-order valence-corrected chi connectivity index (χ1v) is 9.77. The van der Waals surface area contributed by atoms with E-state index in [1.165, 1.54) is 4.70 Å². The van der Waals surface area contributed by atoms with Crippen LogP contribution in [0.2, 0.25) is 0 Å². The van der Waals surface area contributed by atoms with E-state index in [2.05, 4.69) is 21.4 Å². The predicted molar refractivity (Wildman–Crippen MR) is 105 cm³/mol. The largest absolute Gasteiger partial charge is 0.359 e. The van der Waals surface area contributed by atoms with Crippen molar-refractivity contribution >= 4 is 38.4 Å². The molecule has 3 heterocycles. The lowest BCUT2D eigenvalue weighted by atomic mass is 9.84. The average Bonchev–Trinajstić information content (AvgIpc) is 3.09. The molecule has 1 N–H and O–H groups in total. The number of hydrogen-bond acceptors (Lipinski definition) is 5. The molecule has 5 nitrogen and oxygen atoms in total. The van der Waals surface area contributed by atoms with Crippen molar-refractivity contribution in [1.82, 2.24) is 9.97 Å². The molecule has 3 aromatic rings. The summed E-state index contributed by atoms with van der Waals surface area (Å²) in [7, 11) is 0. The lowest BCUT2D eigenvalue weighted by molar-refractivity contribution is -0.122. The molecular formula is C20H20N4OS. The summed E-state index contributed by atoms with van der Waals surface area (Å²) < 4.78 is 1.19. The van der Waals surface area contributed by atoms with E-state index in [4.69, 9.17) is 0 Å². The van der Waals surface area contributed by atoms with Crippen molar-refractivity contribution in [2.24, 2.45) is 0 Å². The molecule has 2 aliphatic rings. The van der Waals surface area contributed by atoms with E-state index in [1.807, 2.05) is 49.1 Å². The SMILES string of the molecule is CC1(C)C(=O)N(C2CC(Nc3nc4ccccc4s3)C2)c2ncccc21. The molecule has 0 saturated heterocycles. The number of anilines is 2. The first-order valence-electron chi connectivity index (χ1n) is 8.95. The zero-order valence-corrected chi connectivity index (χ0v) is 15.6. The van der Waals surface area contributed by atoms with Crippen LogP contribution < -0.4 is 10.2 Å². The molecule has 1 aliphatic carbocycles. The van der Waals surface area contributed by atoms with Crippen LogP contribution in [-0.4, -0.2) is 28.0 Å². The highest BCUT2D eigenvalue weighted by Gasteiger charge is 2.50. The van der Waals surface area contributed by atoms with Crippen molar-refractivity contribution in [3.63, 3.8) is 0 Å². The number of thiazole rings is 1. The van der Waals surface area contributed by atoms with Crippen LogP contribution in [0.4, 0.5) is 10.9 Å². The van der Waals surface area contributed by atoms with Crippen LogP contribution in [0.5, 0.6) is 0 Å². The molecule has 0 bridgehead atoms. The van der Waals surface area contributed by atoms with E-state index < -0.39 is 5.41 Å². The summed E-state index contributed by atoms with van der Waals surface area (Å²) in [5, 5.41) is 4.49. The molecule has 1 aliphatic heterocycles. The molecule has 2 aromatic heterocycles. The van der Waals surface area contributed by atoms with E-state index in [0.717, 1.165) is 34.9 Å². The summed E-state index contributed by atoms with van der Waals surface area (Å²) in [6, 6.07) is 12.7.